The first-order valence-electron chi connectivity index (χ1n) is 5.94. The number of rotatable bonds is 4. The smallest absolute Gasteiger partial charge is 0.258 e. The molecule has 2 rings (SSSR count). The van der Waals surface area contributed by atoms with Gasteiger partial charge in [-0.1, -0.05) is 29.3 Å². The molecule has 1 aromatic rings. The van der Waals surface area contributed by atoms with E-state index in [1.165, 1.54) is 0 Å². The third-order valence-electron chi connectivity index (χ3n) is 2.87. The number of benzene rings is 1. The first-order chi connectivity index (χ1) is 9.37. The molecule has 0 aliphatic carbocycles. The largest absolute Gasteiger partial charge is 0.482 e. The summed E-state index contributed by atoms with van der Waals surface area (Å²) in [6.07, 6.45) is 0.437. The number of hydrogen-bond donors (Lipinski definition) is 1. The van der Waals surface area contributed by atoms with Crippen LogP contribution in [0.2, 0.25) is 10.0 Å². The molecule has 5 nitrogen and oxygen atoms in total. The lowest BCUT2D eigenvalue weighted by atomic mass is 10.2. The highest BCUT2D eigenvalue weighted by Gasteiger charge is 2.28. The lowest BCUT2D eigenvalue weighted by Crippen LogP contribution is -2.38. The van der Waals surface area contributed by atoms with E-state index in [9.17, 15) is 13.2 Å². The summed E-state index contributed by atoms with van der Waals surface area (Å²) in [4.78, 5) is 11.7. The van der Waals surface area contributed by atoms with Gasteiger partial charge in [0.1, 0.15) is 10.8 Å². The minimum atomic E-state index is -3.01. The molecule has 0 bridgehead atoms. The van der Waals surface area contributed by atoms with Crippen LogP contribution in [0.5, 0.6) is 5.75 Å². The van der Waals surface area contributed by atoms with Gasteiger partial charge in [-0.2, -0.15) is 0 Å². The van der Waals surface area contributed by atoms with Crippen LogP contribution in [0.1, 0.15) is 6.42 Å². The second-order valence-corrected chi connectivity index (χ2v) is 7.52. The Morgan fingerprint density at radius 2 is 2.15 bits per heavy atom. The van der Waals surface area contributed by atoms with Crippen LogP contribution in [0, 0.1) is 0 Å². The number of carbonyl (C=O) groups is 1. The Hall–Kier alpha value is -0.980. The molecule has 0 radical (unpaired) electrons. The maximum atomic E-state index is 11.7. The van der Waals surface area contributed by atoms with Crippen LogP contribution in [0.3, 0.4) is 0 Å². The number of hydrogen-bond acceptors (Lipinski definition) is 4. The molecule has 1 atom stereocenters. The Kier molecular flexibility index (Phi) is 4.78. The van der Waals surface area contributed by atoms with Crippen molar-refractivity contribution in [2.24, 2.45) is 0 Å². The molecule has 110 valence electrons. The summed E-state index contributed by atoms with van der Waals surface area (Å²) in [7, 11) is -3.01. The number of ether oxygens (including phenoxy) is 1. The lowest BCUT2D eigenvalue weighted by Gasteiger charge is -2.12. The molecule has 1 N–H and O–H groups in total. The van der Waals surface area contributed by atoms with Crippen molar-refractivity contribution in [1.82, 2.24) is 5.32 Å². The van der Waals surface area contributed by atoms with E-state index >= 15 is 0 Å². The number of sulfone groups is 1. The maximum Gasteiger partial charge on any atom is 0.258 e. The average molecular weight is 338 g/mol. The molecule has 1 fully saturated rings. The monoisotopic (exact) mass is 337 g/mol. The summed E-state index contributed by atoms with van der Waals surface area (Å²) in [6, 6.07) is 4.53. The summed E-state index contributed by atoms with van der Waals surface area (Å²) in [6.45, 7) is -0.239. The van der Waals surface area contributed by atoms with Gasteiger partial charge >= 0.3 is 0 Å². The van der Waals surface area contributed by atoms with E-state index in [0.717, 1.165) is 0 Å². The van der Waals surface area contributed by atoms with Crippen LogP contribution < -0.4 is 10.1 Å². The first kappa shape index (κ1) is 15.4. The Morgan fingerprint density at radius 1 is 1.40 bits per heavy atom. The number of amides is 1. The van der Waals surface area contributed by atoms with Crippen LogP contribution >= 0.6 is 23.2 Å². The molecule has 1 amide bonds. The first-order valence-corrected chi connectivity index (χ1v) is 8.52. The fourth-order valence-corrected chi connectivity index (χ4v) is 3.94. The van der Waals surface area contributed by atoms with E-state index in [2.05, 4.69) is 5.32 Å². The van der Waals surface area contributed by atoms with E-state index in [-0.39, 0.29) is 35.1 Å². The molecule has 8 heteroatoms. The van der Waals surface area contributed by atoms with Crippen molar-refractivity contribution in [3.8, 4) is 5.75 Å². The van der Waals surface area contributed by atoms with Gasteiger partial charge in [0.25, 0.3) is 5.91 Å². The van der Waals surface area contributed by atoms with Crippen molar-refractivity contribution in [2.75, 3.05) is 18.1 Å². The van der Waals surface area contributed by atoms with E-state index in [0.29, 0.717) is 17.2 Å². The quantitative estimate of drug-likeness (QED) is 0.907. The zero-order valence-corrected chi connectivity index (χ0v) is 12.8. The normalized spacial score (nSPS) is 20.6. The molecule has 1 aromatic carbocycles. The molecule has 0 saturated carbocycles. The Balaban J connectivity index is 1.85. The van der Waals surface area contributed by atoms with Crippen molar-refractivity contribution >= 4 is 38.9 Å². The Morgan fingerprint density at radius 3 is 2.80 bits per heavy atom. The van der Waals surface area contributed by atoms with Crippen LogP contribution in [0.4, 0.5) is 0 Å². The predicted octanol–water partition coefficient (Wildman–Crippen LogP) is 1.68. The predicted molar refractivity (Wildman–Crippen MR) is 77.2 cm³/mol. The fraction of sp³-hybridized carbons (Fsp3) is 0.417. The molecular weight excluding hydrogens is 325 g/mol. The number of halogens is 2. The second kappa shape index (κ2) is 6.20. The molecule has 1 saturated heterocycles. The van der Waals surface area contributed by atoms with E-state index in [4.69, 9.17) is 27.9 Å². The number of carbonyl (C=O) groups excluding carboxylic acids is 1. The van der Waals surface area contributed by atoms with Crippen LogP contribution in [-0.2, 0) is 14.6 Å². The Labute approximate surface area is 127 Å². The lowest BCUT2D eigenvalue weighted by molar-refractivity contribution is -0.123. The van der Waals surface area contributed by atoms with Gasteiger partial charge in [-0.15, -0.1) is 0 Å². The van der Waals surface area contributed by atoms with Gasteiger partial charge in [0.05, 0.1) is 16.5 Å². The van der Waals surface area contributed by atoms with E-state index in [1.807, 2.05) is 0 Å². The van der Waals surface area contributed by atoms with Crippen molar-refractivity contribution in [1.29, 1.82) is 0 Å². The molecule has 1 heterocycles. The molecule has 20 heavy (non-hydrogen) atoms. The summed E-state index contributed by atoms with van der Waals surface area (Å²) in [5.41, 5.74) is 0. The van der Waals surface area contributed by atoms with Gasteiger partial charge in [0.15, 0.2) is 16.4 Å². The molecule has 1 unspecified atom stereocenters. The van der Waals surface area contributed by atoms with E-state index < -0.39 is 9.84 Å². The van der Waals surface area contributed by atoms with Gasteiger partial charge in [-0.05, 0) is 18.6 Å². The topological polar surface area (TPSA) is 72.5 Å². The van der Waals surface area contributed by atoms with Gasteiger partial charge in [0, 0.05) is 6.04 Å². The number of nitrogens with one attached hydrogen (secondary N) is 1. The maximum absolute atomic E-state index is 11.7. The molecule has 1 aliphatic heterocycles. The van der Waals surface area contributed by atoms with Gasteiger partial charge in [-0.3, -0.25) is 4.79 Å². The molecule has 0 spiro atoms. The summed E-state index contributed by atoms with van der Waals surface area (Å²) in [5, 5.41) is 3.20. The summed E-state index contributed by atoms with van der Waals surface area (Å²) in [5.74, 6) is 0.0202. The van der Waals surface area contributed by atoms with Crippen LogP contribution in [0.15, 0.2) is 18.2 Å². The van der Waals surface area contributed by atoms with Gasteiger partial charge < -0.3 is 10.1 Å². The third kappa shape index (κ3) is 4.01. The summed E-state index contributed by atoms with van der Waals surface area (Å²) >= 11 is 11.7. The highest BCUT2D eigenvalue weighted by molar-refractivity contribution is 7.91. The van der Waals surface area contributed by atoms with Gasteiger partial charge in [-0.25, -0.2) is 8.42 Å². The fourth-order valence-electron chi connectivity index (χ4n) is 1.92. The van der Waals surface area contributed by atoms with Crippen molar-refractivity contribution in [3.05, 3.63) is 28.2 Å². The minimum absolute atomic E-state index is 0.0172. The standard InChI is InChI=1S/C12H13Cl2NO4S/c13-9-2-1-3-10(12(9)14)19-6-11(16)15-8-4-5-20(17,18)7-8/h1-3,8H,4-7H2,(H,15,16). The average Bonchev–Trinajstić information content (AvgIpc) is 2.70. The highest BCUT2D eigenvalue weighted by atomic mass is 35.5. The second-order valence-electron chi connectivity index (χ2n) is 4.51. The van der Waals surface area contributed by atoms with Crippen molar-refractivity contribution < 1.29 is 17.9 Å². The molecular formula is C12H13Cl2NO4S. The highest BCUT2D eigenvalue weighted by Crippen LogP contribution is 2.31. The Bertz CT molecular complexity index is 618. The molecule has 0 aromatic heterocycles. The van der Waals surface area contributed by atoms with Crippen molar-refractivity contribution in [3.63, 3.8) is 0 Å². The SMILES string of the molecule is O=C(COc1cccc(Cl)c1Cl)NC1CCS(=O)(=O)C1. The van der Waals surface area contributed by atoms with E-state index in [1.54, 1.807) is 18.2 Å². The third-order valence-corrected chi connectivity index (χ3v) is 5.44. The zero-order valence-electron chi connectivity index (χ0n) is 10.4. The minimum Gasteiger partial charge on any atom is -0.482 e. The van der Waals surface area contributed by atoms with Crippen LogP contribution in [0.25, 0.3) is 0 Å². The summed E-state index contributed by atoms with van der Waals surface area (Å²) < 4.78 is 27.8. The van der Waals surface area contributed by atoms with Gasteiger partial charge in [0.2, 0.25) is 0 Å². The molecule has 1 aliphatic rings. The van der Waals surface area contributed by atoms with Crippen LogP contribution in [-0.4, -0.2) is 38.5 Å². The zero-order chi connectivity index (χ0) is 14.8. The van der Waals surface area contributed by atoms with Crippen molar-refractivity contribution in [2.45, 2.75) is 12.5 Å².